The zero-order valence-electron chi connectivity index (χ0n) is 19.1. The first-order valence-electron chi connectivity index (χ1n) is 11.2. The first kappa shape index (κ1) is 23.8. The molecule has 3 heteroatoms. The van der Waals surface area contributed by atoms with Gasteiger partial charge in [-0.05, 0) is 0 Å². The van der Waals surface area contributed by atoms with Gasteiger partial charge in [-0.3, -0.25) is 0 Å². The Bertz CT molecular complexity index is 1240. The molecule has 5 rings (SSSR count). The zero-order valence-corrected chi connectivity index (χ0v) is 20.8. The minimum Gasteiger partial charge on any atom is -0.147 e. The van der Waals surface area contributed by atoms with Gasteiger partial charge >= 0.3 is 196 Å². The first-order chi connectivity index (χ1) is 16.2. The van der Waals surface area contributed by atoms with Gasteiger partial charge in [0.2, 0.25) is 0 Å². The van der Waals surface area contributed by atoms with Crippen molar-refractivity contribution in [3.8, 4) is 11.5 Å². The quantitative estimate of drug-likeness (QED) is 0.245. The summed E-state index contributed by atoms with van der Waals surface area (Å²) in [5, 5.41) is 5.27. The van der Waals surface area contributed by atoms with Crippen LogP contribution in [-0.2, 0) is 0 Å². The normalized spacial score (nSPS) is 12.1. The zero-order chi connectivity index (χ0) is 22.6. The van der Waals surface area contributed by atoms with Crippen LogP contribution in [0.4, 0.5) is 0 Å². The Labute approximate surface area is 208 Å². The first-order valence-corrected chi connectivity index (χ1v) is 13.9. The fourth-order valence-corrected chi connectivity index (χ4v) is 10.3. The fourth-order valence-electron chi connectivity index (χ4n) is 4.82. The van der Waals surface area contributed by atoms with Crippen molar-refractivity contribution in [2.75, 3.05) is 6.66 Å². The number of rotatable bonds is 6. The van der Waals surface area contributed by atoms with Gasteiger partial charge in [0.25, 0.3) is 0 Å². The van der Waals surface area contributed by atoms with Gasteiger partial charge in [-0.15, -0.1) is 12.4 Å². The van der Waals surface area contributed by atoms with E-state index in [-0.39, 0.29) is 12.4 Å². The molecule has 170 valence electrons. The van der Waals surface area contributed by atoms with Crippen LogP contribution in [0.5, 0.6) is 11.5 Å². The molecule has 0 heterocycles. The second-order valence-electron chi connectivity index (χ2n) is 8.48. The largest absolute Gasteiger partial charge is 0.147 e. The van der Waals surface area contributed by atoms with Crippen LogP contribution in [-0.4, -0.2) is 6.66 Å². The molecule has 0 spiro atoms. The third-order valence-electron chi connectivity index (χ3n) is 6.65. The molecular weight excluding hydrogens is 455 g/mol. The monoisotopic (exact) mass is 482 g/mol. The molecule has 0 aliphatic heterocycles. The van der Waals surface area contributed by atoms with Crippen molar-refractivity contribution in [3.63, 3.8) is 0 Å². The molecule has 0 saturated carbocycles. The number of ether oxygens (including phenoxy) is 1. The number of para-hydroxylation sites is 1. The van der Waals surface area contributed by atoms with Crippen LogP contribution in [0.3, 0.4) is 0 Å². The number of hydrogen-bond acceptors (Lipinski definition) is 1. The molecule has 0 fully saturated rings. The van der Waals surface area contributed by atoms with Gasteiger partial charge in [-0.1, -0.05) is 0 Å². The van der Waals surface area contributed by atoms with Crippen LogP contribution in [0.25, 0.3) is 0 Å². The predicted octanol–water partition coefficient (Wildman–Crippen LogP) is 6.69. The van der Waals surface area contributed by atoms with Crippen LogP contribution < -0.4 is 26.0 Å². The smallest absolute Gasteiger partial charge is 0.147 e. The van der Waals surface area contributed by atoms with Crippen molar-refractivity contribution in [2.45, 2.75) is 0 Å². The molecule has 5 aromatic rings. The van der Waals surface area contributed by atoms with Crippen LogP contribution >= 0.6 is 19.0 Å². The van der Waals surface area contributed by atoms with Crippen molar-refractivity contribution in [3.05, 3.63) is 146 Å². The fraction of sp³-hybridized carbons (Fsp3) is 0.0323. The minimum atomic E-state index is -3.05. The van der Waals surface area contributed by atoms with Gasteiger partial charge in [-0.2, -0.15) is 0 Å². The van der Waals surface area contributed by atoms with E-state index in [2.05, 4.69) is 116 Å². The number of benzene rings is 5. The van der Waals surface area contributed by atoms with E-state index in [4.69, 9.17) is 4.74 Å². The van der Waals surface area contributed by atoms with Gasteiger partial charge in [0.15, 0.2) is 0 Å². The van der Waals surface area contributed by atoms with Crippen molar-refractivity contribution >= 4 is 40.2 Å². The summed E-state index contributed by atoms with van der Waals surface area (Å²) in [5.74, 6) is 1.68. The molecule has 0 atom stereocenters. The summed E-state index contributed by atoms with van der Waals surface area (Å²) in [6, 6.07) is 51.5. The molecule has 0 saturated heterocycles. The SMILES string of the molecule is CP(c1ccccc1)(c1ccccc1)(c1ccccc1)c1cccc(Oc2ccccc2)c1.Cl. The summed E-state index contributed by atoms with van der Waals surface area (Å²) in [4.78, 5) is 0. The maximum atomic E-state index is 6.29. The summed E-state index contributed by atoms with van der Waals surface area (Å²) < 4.78 is 6.29. The van der Waals surface area contributed by atoms with E-state index >= 15 is 0 Å². The van der Waals surface area contributed by atoms with Gasteiger partial charge in [-0.25, -0.2) is 0 Å². The van der Waals surface area contributed by atoms with E-state index in [1.165, 1.54) is 21.2 Å². The summed E-state index contributed by atoms with van der Waals surface area (Å²) >= 11 is 0. The topological polar surface area (TPSA) is 9.23 Å². The second kappa shape index (κ2) is 9.85. The predicted molar refractivity (Wildman–Crippen MR) is 151 cm³/mol. The van der Waals surface area contributed by atoms with Crippen molar-refractivity contribution in [1.82, 2.24) is 0 Å². The summed E-state index contributed by atoms with van der Waals surface area (Å²) in [5.41, 5.74) is 0. The van der Waals surface area contributed by atoms with E-state index in [0.717, 1.165) is 11.5 Å². The van der Waals surface area contributed by atoms with E-state index in [1.807, 2.05) is 36.4 Å². The van der Waals surface area contributed by atoms with Crippen LogP contribution in [0.1, 0.15) is 0 Å². The van der Waals surface area contributed by atoms with Crippen LogP contribution in [0, 0.1) is 0 Å². The molecular formula is C31H28ClOP. The molecule has 0 amide bonds. The third-order valence-corrected chi connectivity index (χ3v) is 13.0. The number of halogens is 1. The standard InChI is InChI=1S/C31H27OP.ClH/c1-33(28-18-8-3-9-19-28,29-20-10-4-11-21-29,30-22-12-5-13-23-30)31-24-14-17-27(25-31)32-26-15-6-2-7-16-26;/h2-25H,1H3;1H. The van der Waals surface area contributed by atoms with Gasteiger partial charge in [0.05, 0.1) is 0 Å². The average molecular weight is 483 g/mol. The van der Waals surface area contributed by atoms with Gasteiger partial charge in [0.1, 0.15) is 0 Å². The molecule has 0 radical (unpaired) electrons. The maximum absolute atomic E-state index is 6.29. The molecule has 0 aliphatic rings. The molecule has 0 N–H and O–H groups in total. The van der Waals surface area contributed by atoms with E-state index < -0.39 is 6.60 Å². The molecule has 0 aliphatic carbocycles. The number of hydrogen-bond donors (Lipinski definition) is 0. The molecule has 34 heavy (non-hydrogen) atoms. The molecule has 5 aromatic carbocycles. The third kappa shape index (κ3) is 3.92. The summed E-state index contributed by atoms with van der Waals surface area (Å²) in [6.45, 7) is -0.587. The van der Waals surface area contributed by atoms with Crippen molar-refractivity contribution in [2.24, 2.45) is 0 Å². The van der Waals surface area contributed by atoms with E-state index in [0.29, 0.717) is 0 Å². The van der Waals surface area contributed by atoms with Crippen LogP contribution in [0.2, 0.25) is 0 Å². The molecule has 0 unspecified atom stereocenters. The molecule has 1 nitrogen and oxygen atoms in total. The molecule has 0 aromatic heterocycles. The second-order valence-corrected chi connectivity index (χ2v) is 13.7. The van der Waals surface area contributed by atoms with E-state index in [1.54, 1.807) is 0 Å². The van der Waals surface area contributed by atoms with Crippen molar-refractivity contribution in [1.29, 1.82) is 0 Å². The van der Waals surface area contributed by atoms with Crippen molar-refractivity contribution < 1.29 is 4.74 Å². The maximum Gasteiger partial charge on any atom is -0.147 e. The Kier molecular flexibility index (Phi) is 6.89. The Morgan fingerprint density at radius 3 is 1.21 bits per heavy atom. The Balaban J connectivity index is 0.00000274. The minimum absolute atomic E-state index is 0. The van der Waals surface area contributed by atoms with Gasteiger partial charge < -0.3 is 0 Å². The van der Waals surface area contributed by atoms with E-state index in [9.17, 15) is 0 Å². The van der Waals surface area contributed by atoms with Gasteiger partial charge in [0, 0.05) is 0 Å². The Morgan fingerprint density at radius 1 is 0.412 bits per heavy atom. The average Bonchev–Trinajstić information content (AvgIpc) is 2.91. The Hall–Kier alpha value is -3.38. The summed E-state index contributed by atoms with van der Waals surface area (Å²) in [6.07, 6.45) is 0. The van der Waals surface area contributed by atoms with Crippen LogP contribution in [0.15, 0.2) is 146 Å². The summed E-state index contributed by atoms with van der Waals surface area (Å²) in [7, 11) is 0. The Morgan fingerprint density at radius 2 is 0.765 bits per heavy atom. The molecule has 0 bridgehead atoms.